The molecule has 0 saturated heterocycles. The average Bonchev–Trinajstić information content (AvgIpc) is 2.66. The third-order valence-electron chi connectivity index (χ3n) is 4.40. The maximum Gasteiger partial charge on any atom is 0.396 e. The van der Waals surface area contributed by atoms with Crippen molar-refractivity contribution in [2.75, 3.05) is 6.61 Å². The van der Waals surface area contributed by atoms with Crippen molar-refractivity contribution >= 4 is 11.7 Å². The molecule has 0 amide bonds. The lowest BCUT2D eigenvalue weighted by molar-refractivity contribution is -0.189. The fourth-order valence-corrected chi connectivity index (χ4v) is 3.00. The van der Waals surface area contributed by atoms with Gasteiger partial charge >= 0.3 is 12.1 Å². The fourth-order valence-electron chi connectivity index (χ4n) is 3.00. The Hall–Kier alpha value is -2.60. The first kappa shape index (κ1) is 19.2. The van der Waals surface area contributed by atoms with Gasteiger partial charge in [0.05, 0.1) is 18.4 Å². The van der Waals surface area contributed by atoms with Crippen LogP contribution in [0.15, 0.2) is 66.7 Å². The van der Waals surface area contributed by atoms with Crippen molar-refractivity contribution in [3.63, 3.8) is 0 Å². The highest BCUT2D eigenvalue weighted by atomic mass is 19.4. The molecule has 0 fully saturated rings. The number of esters is 1. The molecule has 27 heavy (non-hydrogen) atoms. The van der Waals surface area contributed by atoms with Crippen LogP contribution in [0.4, 0.5) is 13.2 Å². The fraction of sp³-hybridized carbons (Fsp3) is 0.286. The molecular weight excluding hydrogens is 357 g/mol. The second-order valence-electron chi connectivity index (χ2n) is 6.32. The minimum atomic E-state index is -4.54. The van der Waals surface area contributed by atoms with Crippen molar-refractivity contribution in [1.82, 2.24) is 0 Å². The van der Waals surface area contributed by atoms with Crippen molar-refractivity contribution in [3.8, 4) is 0 Å². The molecule has 1 heterocycles. The molecule has 142 valence electrons. The number of hydrogen-bond donors (Lipinski definition) is 0. The molecule has 3 nitrogen and oxygen atoms in total. The van der Waals surface area contributed by atoms with E-state index in [4.69, 9.17) is 9.47 Å². The summed E-state index contributed by atoms with van der Waals surface area (Å²) < 4.78 is 51.2. The number of ether oxygens (including phenoxy) is 2. The van der Waals surface area contributed by atoms with Crippen molar-refractivity contribution in [2.24, 2.45) is 11.8 Å². The number of rotatable bonds is 6. The van der Waals surface area contributed by atoms with Gasteiger partial charge < -0.3 is 9.47 Å². The first-order valence-corrected chi connectivity index (χ1v) is 8.62. The van der Waals surface area contributed by atoms with Crippen LogP contribution < -0.4 is 0 Å². The van der Waals surface area contributed by atoms with Crippen LogP contribution >= 0.6 is 0 Å². The number of cyclic esters (lactones) is 1. The minimum Gasteiger partial charge on any atom is -0.426 e. The summed E-state index contributed by atoms with van der Waals surface area (Å²) in [6.45, 7) is 0.320. The van der Waals surface area contributed by atoms with Crippen molar-refractivity contribution in [2.45, 2.75) is 19.2 Å². The van der Waals surface area contributed by atoms with Crippen LogP contribution in [-0.4, -0.2) is 18.8 Å². The van der Waals surface area contributed by atoms with Crippen LogP contribution in [0.25, 0.3) is 5.76 Å². The lowest BCUT2D eigenvalue weighted by atomic mass is 9.86. The molecule has 0 unspecified atom stereocenters. The van der Waals surface area contributed by atoms with Crippen LogP contribution in [0.2, 0.25) is 0 Å². The molecule has 1 aliphatic rings. The second kappa shape index (κ2) is 8.39. The number of alkyl halides is 3. The van der Waals surface area contributed by atoms with Gasteiger partial charge in [-0.05, 0) is 18.1 Å². The van der Waals surface area contributed by atoms with E-state index in [1.165, 1.54) is 0 Å². The SMILES string of the molecule is O=C1OC(c2ccccc2)=C[C@H](C(F)(F)F)[C@@H]1CCOCc1ccccc1. The number of carbonyl (C=O) groups excluding carboxylic acids is 1. The Balaban J connectivity index is 1.68. The van der Waals surface area contributed by atoms with Gasteiger partial charge in [-0.3, -0.25) is 4.79 Å². The van der Waals surface area contributed by atoms with Crippen molar-refractivity contribution in [1.29, 1.82) is 0 Å². The average molecular weight is 376 g/mol. The summed E-state index contributed by atoms with van der Waals surface area (Å²) in [5.41, 5.74) is 1.36. The van der Waals surface area contributed by atoms with Gasteiger partial charge in [-0.15, -0.1) is 0 Å². The molecule has 0 spiro atoms. The first-order valence-electron chi connectivity index (χ1n) is 8.62. The highest BCUT2D eigenvalue weighted by molar-refractivity contribution is 5.83. The van der Waals surface area contributed by atoms with E-state index in [0.29, 0.717) is 5.56 Å². The lowest BCUT2D eigenvalue weighted by Crippen LogP contribution is -2.38. The molecule has 0 radical (unpaired) electrons. The molecule has 6 heteroatoms. The normalized spacial score (nSPS) is 20.1. The number of halogens is 3. The minimum absolute atomic E-state index is 0.0375. The van der Waals surface area contributed by atoms with Gasteiger partial charge in [0.2, 0.25) is 0 Å². The summed E-state index contributed by atoms with van der Waals surface area (Å²) in [6, 6.07) is 17.6. The van der Waals surface area contributed by atoms with E-state index in [0.717, 1.165) is 11.6 Å². The number of allylic oxidation sites excluding steroid dienone is 1. The Morgan fingerprint density at radius 2 is 1.59 bits per heavy atom. The maximum absolute atomic E-state index is 13.5. The summed E-state index contributed by atoms with van der Waals surface area (Å²) in [4.78, 5) is 12.3. The van der Waals surface area contributed by atoms with E-state index in [1.807, 2.05) is 30.3 Å². The third-order valence-corrected chi connectivity index (χ3v) is 4.40. The summed E-state index contributed by atoms with van der Waals surface area (Å²) in [5.74, 6) is -4.13. The quantitative estimate of drug-likeness (QED) is 0.527. The van der Waals surface area contributed by atoms with Gasteiger partial charge in [-0.1, -0.05) is 60.7 Å². The molecule has 3 rings (SSSR count). The molecule has 1 aliphatic heterocycles. The Kier molecular flexibility index (Phi) is 5.96. The standard InChI is InChI=1S/C21H19F3O3/c22-21(23,24)18-13-19(16-9-5-2-6-10-16)27-20(25)17(18)11-12-26-14-15-7-3-1-4-8-15/h1-10,13,17-18H,11-12,14H2/t17-,18-/m0/s1. The Morgan fingerprint density at radius 3 is 2.22 bits per heavy atom. The molecule has 2 atom stereocenters. The predicted octanol–water partition coefficient (Wildman–Crippen LogP) is 4.99. The zero-order valence-electron chi connectivity index (χ0n) is 14.5. The van der Waals surface area contributed by atoms with Crippen LogP contribution in [-0.2, 0) is 20.9 Å². The van der Waals surface area contributed by atoms with E-state index < -0.39 is 24.0 Å². The van der Waals surface area contributed by atoms with Crippen molar-refractivity contribution < 1.29 is 27.4 Å². The monoisotopic (exact) mass is 376 g/mol. The topological polar surface area (TPSA) is 35.5 Å². The summed E-state index contributed by atoms with van der Waals surface area (Å²) in [5, 5.41) is 0. The molecule has 0 bridgehead atoms. The van der Waals surface area contributed by atoms with Gasteiger partial charge in [-0.2, -0.15) is 13.2 Å². The zero-order chi connectivity index (χ0) is 19.3. The molecule has 2 aromatic carbocycles. The van der Waals surface area contributed by atoms with E-state index in [9.17, 15) is 18.0 Å². The van der Waals surface area contributed by atoms with E-state index in [2.05, 4.69) is 0 Å². The van der Waals surface area contributed by atoms with Crippen molar-refractivity contribution in [3.05, 3.63) is 77.9 Å². The van der Waals surface area contributed by atoms with Gasteiger partial charge in [0.25, 0.3) is 0 Å². The smallest absolute Gasteiger partial charge is 0.396 e. The number of hydrogen-bond acceptors (Lipinski definition) is 3. The Labute approximate surface area is 155 Å². The summed E-state index contributed by atoms with van der Waals surface area (Å²) in [6.07, 6.45) is -3.60. The van der Waals surface area contributed by atoms with Gasteiger partial charge in [0.15, 0.2) is 0 Å². The highest BCUT2D eigenvalue weighted by Crippen LogP contribution is 2.41. The van der Waals surface area contributed by atoms with Crippen LogP contribution in [0.5, 0.6) is 0 Å². The lowest BCUT2D eigenvalue weighted by Gasteiger charge is -2.30. The van der Waals surface area contributed by atoms with Crippen LogP contribution in [0.1, 0.15) is 17.5 Å². The molecular formula is C21H19F3O3. The summed E-state index contributed by atoms with van der Waals surface area (Å²) >= 11 is 0. The van der Waals surface area contributed by atoms with Crippen LogP contribution in [0, 0.1) is 11.8 Å². The molecule has 0 N–H and O–H groups in total. The molecule has 0 aromatic heterocycles. The molecule has 0 aliphatic carbocycles. The summed E-state index contributed by atoms with van der Waals surface area (Å²) in [7, 11) is 0. The third kappa shape index (κ3) is 4.98. The van der Waals surface area contributed by atoms with E-state index >= 15 is 0 Å². The predicted molar refractivity (Wildman–Crippen MR) is 94.3 cm³/mol. The molecule has 2 aromatic rings. The molecule has 0 saturated carbocycles. The van der Waals surface area contributed by atoms with Gasteiger partial charge in [-0.25, -0.2) is 0 Å². The highest BCUT2D eigenvalue weighted by Gasteiger charge is 2.49. The van der Waals surface area contributed by atoms with Gasteiger partial charge in [0.1, 0.15) is 5.76 Å². The first-order chi connectivity index (χ1) is 12.9. The van der Waals surface area contributed by atoms with E-state index in [-0.39, 0.29) is 25.4 Å². The Bertz CT molecular complexity index is 785. The largest absolute Gasteiger partial charge is 0.426 e. The second-order valence-corrected chi connectivity index (χ2v) is 6.32. The van der Waals surface area contributed by atoms with Crippen LogP contribution in [0.3, 0.4) is 0 Å². The number of benzene rings is 2. The zero-order valence-corrected chi connectivity index (χ0v) is 14.5. The number of carbonyl (C=O) groups is 1. The van der Waals surface area contributed by atoms with E-state index in [1.54, 1.807) is 30.3 Å². The maximum atomic E-state index is 13.5. The Morgan fingerprint density at radius 1 is 0.963 bits per heavy atom. The van der Waals surface area contributed by atoms with Gasteiger partial charge in [0, 0.05) is 12.2 Å².